The van der Waals surface area contributed by atoms with Crippen LogP contribution >= 0.6 is 0 Å². The van der Waals surface area contributed by atoms with Gasteiger partial charge >= 0.3 is 183 Å². The van der Waals surface area contributed by atoms with Crippen molar-refractivity contribution in [3.8, 4) is 0 Å². The summed E-state index contributed by atoms with van der Waals surface area (Å²) in [6, 6.07) is 0. The van der Waals surface area contributed by atoms with Crippen molar-refractivity contribution in [2.45, 2.75) is 98.8 Å². The topological polar surface area (TPSA) is 52.6 Å². The second-order valence-electron chi connectivity index (χ2n) is 8.27. The van der Waals surface area contributed by atoms with Gasteiger partial charge in [-0.3, -0.25) is 0 Å². The molecule has 0 unspecified atom stereocenters. The molecule has 0 aliphatic heterocycles. The normalized spacial score (nSPS) is 15.4. The van der Waals surface area contributed by atoms with Crippen molar-refractivity contribution in [2.75, 3.05) is 14.2 Å². The number of Topliss-reactive ketones (excluding diaryl/α,β-unsaturated/α-hetero) is 2. The molecule has 0 bridgehead atoms. The van der Waals surface area contributed by atoms with Crippen LogP contribution in [0.3, 0.4) is 0 Å². The van der Waals surface area contributed by atoms with Gasteiger partial charge in [0.1, 0.15) is 0 Å². The van der Waals surface area contributed by atoms with Gasteiger partial charge in [-0.15, -0.1) is 0 Å². The summed E-state index contributed by atoms with van der Waals surface area (Å²) in [4.78, 5) is 27.2. The van der Waals surface area contributed by atoms with Crippen molar-refractivity contribution in [3.63, 3.8) is 0 Å². The molecule has 0 saturated heterocycles. The molecule has 1 rings (SSSR count). The number of rotatable bonds is 15. The first-order valence-corrected chi connectivity index (χ1v) is 19.1. The van der Waals surface area contributed by atoms with Crippen molar-refractivity contribution >= 4 is 29.9 Å². The van der Waals surface area contributed by atoms with Crippen molar-refractivity contribution in [2.24, 2.45) is 0 Å². The molecule has 4 nitrogen and oxygen atoms in total. The summed E-state index contributed by atoms with van der Waals surface area (Å²) in [5, 5.41) is 0. The fraction of sp³-hybridized carbons (Fsp3) is 0.750. The van der Waals surface area contributed by atoms with E-state index < -0.39 is 18.4 Å². The molecule has 0 aromatic heterocycles. The number of hydrogen-bond donors (Lipinski definition) is 0. The summed E-state index contributed by atoms with van der Waals surface area (Å²) in [7, 11) is 2.94. The van der Waals surface area contributed by atoms with Crippen LogP contribution in [0.4, 0.5) is 0 Å². The van der Waals surface area contributed by atoms with Crippen LogP contribution in [-0.2, 0) is 19.1 Å². The fourth-order valence-electron chi connectivity index (χ4n) is 4.53. The Balaban J connectivity index is 3.68. The summed E-state index contributed by atoms with van der Waals surface area (Å²) < 4.78 is 15.3. The van der Waals surface area contributed by atoms with Gasteiger partial charge in [-0.05, 0) is 0 Å². The Hall–Kier alpha value is -0.781. The molecule has 5 heteroatoms. The molecule has 0 aromatic carbocycles. The van der Waals surface area contributed by atoms with Crippen LogP contribution in [0.2, 0.25) is 13.3 Å². The van der Waals surface area contributed by atoms with Crippen LogP contribution in [-0.4, -0.2) is 44.2 Å². The van der Waals surface area contributed by atoms with Gasteiger partial charge in [-0.1, -0.05) is 0 Å². The van der Waals surface area contributed by atoms with E-state index in [1.165, 1.54) is 14.2 Å². The molecule has 0 radical (unpaired) electrons. The van der Waals surface area contributed by atoms with Gasteiger partial charge in [0.2, 0.25) is 0 Å². The van der Waals surface area contributed by atoms with Crippen molar-refractivity contribution in [1.82, 2.24) is 0 Å². The van der Waals surface area contributed by atoms with E-state index in [0.29, 0.717) is 6.42 Å². The van der Waals surface area contributed by atoms with Gasteiger partial charge in [0.05, 0.1) is 0 Å². The second-order valence-corrected chi connectivity index (χ2v) is 21.3. The Morgan fingerprint density at radius 1 is 0.655 bits per heavy atom. The standard InChI is InChI=1S/C12H15O4.3C4H9.Sn/c1-4-5-6-8-7-9(13)11(15-2)12(16-3)10(8)14;3*1-3-4-2;/h4-6H2,1-3H3;3*1,3-4H2,2H3;. The van der Waals surface area contributed by atoms with Gasteiger partial charge in [0, 0.05) is 0 Å². The van der Waals surface area contributed by atoms with E-state index in [1.807, 2.05) is 0 Å². The van der Waals surface area contributed by atoms with E-state index in [0.717, 1.165) is 73.8 Å². The Labute approximate surface area is 182 Å². The van der Waals surface area contributed by atoms with E-state index >= 15 is 0 Å². The number of methoxy groups -OCH3 is 2. The van der Waals surface area contributed by atoms with Gasteiger partial charge in [-0.25, -0.2) is 0 Å². The first-order chi connectivity index (χ1) is 14.0. The van der Waals surface area contributed by atoms with Gasteiger partial charge in [0.25, 0.3) is 0 Å². The third-order valence-electron chi connectivity index (χ3n) is 6.17. The molecule has 29 heavy (non-hydrogen) atoms. The summed E-state index contributed by atoms with van der Waals surface area (Å²) in [6.07, 6.45) is 9.46. The molecule has 0 N–H and O–H groups in total. The zero-order valence-electron chi connectivity index (χ0n) is 19.6. The summed E-state index contributed by atoms with van der Waals surface area (Å²) in [5.74, 6) is 0.111. The first-order valence-electron chi connectivity index (χ1n) is 11.6. The monoisotopic (exact) mass is 514 g/mol. The Kier molecular flexibility index (Phi) is 12.2. The second kappa shape index (κ2) is 13.5. The van der Waals surface area contributed by atoms with E-state index in [9.17, 15) is 9.59 Å². The average Bonchev–Trinajstić information content (AvgIpc) is 2.73. The number of carbonyl (C=O) groups is 2. The minimum atomic E-state index is -3.10. The summed E-state index contributed by atoms with van der Waals surface area (Å²) >= 11 is -3.10. The molecule has 1 aliphatic carbocycles. The van der Waals surface area contributed by atoms with Gasteiger partial charge in [0.15, 0.2) is 0 Å². The molecular weight excluding hydrogens is 471 g/mol. The van der Waals surface area contributed by atoms with Crippen LogP contribution in [0, 0.1) is 0 Å². The van der Waals surface area contributed by atoms with Crippen molar-refractivity contribution < 1.29 is 19.1 Å². The zero-order valence-corrected chi connectivity index (χ0v) is 22.5. The van der Waals surface area contributed by atoms with E-state index in [2.05, 4.69) is 27.7 Å². The van der Waals surface area contributed by atoms with E-state index in [-0.39, 0.29) is 23.1 Å². The Morgan fingerprint density at radius 2 is 1.07 bits per heavy atom. The molecule has 0 saturated carbocycles. The Morgan fingerprint density at radius 3 is 1.45 bits per heavy atom. The molecule has 0 aromatic rings. The number of ether oxygens (including phenoxy) is 2. The maximum atomic E-state index is 13.8. The molecule has 0 heterocycles. The van der Waals surface area contributed by atoms with Crippen LogP contribution in [0.5, 0.6) is 0 Å². The number of unbranched alkanes of at least 4 members (excludes halogenated alkanes) is 4. The van der Waals surface area contributed by atoms with Crippen molar-refractivity contribution in [3.05, 3.63) is 20.7 Å². The summed E-state index contributed by atoms with van der Waals surface area (Å²) in [6.45, 7) is 8.80. The predicted octanol–water partition coefficient (Wildman–Crippen LogP) is 6.52. The number of carbonyl (C=O) groups excluding carboxylic acids is 2. The maximum absolute atomic E-state index is 13.8. The molecule has 0 amide bonds. The molecule has 0 spiro atoms. The Bertz CT molecular complexity index is 597. The summed E-state index contributed by atoms with van der Waals surface area (Å²) in [5.41, 5.74) is 0.772. The third-order valence-corrected chi connectivity index (χ3v) is 21.9. The van der Waals surface area contributed by atoms with Crippen LogP contribution in [0.1, 0.15) is 85.5 Å². The van der Waals surface area contributed by atoms with Gasteiger partial charge in [-0.2, -0.15) is 0 Å². The third kappa shape index (κ3) is 6.35. The fourth-order valence-corrected chi connectivity index (χ4v) is 21.8. The number of allylic oxidation sites excluding steroid dienone is 2. The minimum absolute atomic E-state index is 0.0332. The van der Waals surface area contributed by atoms with Gasteiger partial charge < -0.3 is 0 Å². The first kappa shape index (κ1) is 26.3. The average molecular weight is 513 g/mol. The SMILES string of the molecule is CCCCC1=[C]([Sn]([CH2]CCC)([CH2]CCC)[CH2]CCC)C(=O)C(OC)=C(OC)C1=O. The zero-order chi connectivity index (χ0) is 21.9. The van der Waals surface area contributed by atoms with Crippen LogP contribution in [0.25, 0.3) is 0 Å². The molecule has 1 aliphatic rings. The molecule has 0 fully saturated rings. The number of hydrogen-bond acceptors (Lipinski definition) is 4. The molecule has 166 valence electrons. The van der Waals surface area contributed by atoms with Crippen LogP contribution in [0.15, 0.2) is 20.7 Å². The predicted molar refractivity (Wildman–Crippen MR) is 123 cm³/mol. The quantitative estimate of drug-likeness (QED) is 0.185. The van der Waals surface area contributed by atoms with E-state index in [1.54, 1.807) is 0 Å². The van der Waals surface area contributed by atoms with Crippen LogP contribution < -0.4 is 0 Å². The van der Waals surface area contributed by atoms with Crippen molar-refractivity contribution in [1.29, 1.82) is 0 Å². The number of ketones is 2. The molecular formula is C24H42O4Sn. The van der Waals surface area contributed by atoms with E-state index in [4.69, 9.17) is 9.47 Å². The molecule has 0 atom stereocenters.